The van der Waals surface area contributed by atoms with Crippen molar-refractivity contribution in [3.63, 3.8) is 0 Å². The zero-order valence-corrected chi connectivity index (χ0v) is 24.4. The van der Waals surface area contributed by atoms with Crippen molar-refractivity contribution in [3.8, 4) is 22.4 Å². The highest BCUT2D eigenvalue weighted by molar-refractivity contribution is 14.1. The van der Waals surface area contributed by atoms with Crippen LogP contribution in [0, 0.1) is 3.57 Å². The standard InChI is InChI=1S/C32H26IN3O3S/c33-27-14-16-28(17-15-27)36(20-22-6-8-26(9-7-22)31(39)34-19-18-30(37)38)32-35-29(21-40-32)25-12-10-24(11-13-25)23-4-2-1-3-5-23/h1-17,21H,18-20H2,(H,34,39)(H,37,38). The Kier molecular flexibility index (Phi) is 8.87. The summed E-state index contributed by atoms with van der Waals surface area (Å²) in [6.07, 6.45) is -0.109. The van der Waals surface area contributed by atoms with E-state index in [1.54, 1.807) is 23.5 Å². The maximum Gasteiger partial charge on any atom is 0.305 e. The highest BCUT2D eigenvalue weighted by Crippen LogP contribution is 2.34. The minimum atomic E-state index is -0.944. The van der Waals surface area contributed by atoms with Crippen molar-refractivity contribution in [1.82, 2.24) is 10.3 Å². The number of aliphatic carboxylic acids is 1. The average molecular weight is 660 g/mol. The normalized spacial score (nSPS) is 10.7. The number of carbonyl (C=O) groups is 2. The van der Waals surface area contributed by atoms with Gasteiger partial charge in [0.05, 0.1) is 18.7 Å². The summed E-state index contributed by atoms with van der Waals surface area (Å²) in [5, 5.41) is 14.4. The molecule has 200 valence electrons. The summed E-state index contributed by atoms with van der Waals surface area (Å²) < 4.78 is 1.15. The highest BCUT2D eigenvalue weighted by atomic mass is 127. The molecule has 0 bridgehead atoms. The third-order valence-electron chi connectivity index (χ3n) is 6.33. The number of carbonyl (C=O) groups excluding carboxylic acids is 1. The molecule has 1 amide bonds. The van der Waals surface area contributed by atoms with Gasteiger partial charge in [-0.05, 0) is 75.7 Å². The van der Waals surface area contributed by atoms with Crippen LogP contribution in [0.25, 0.3) is 22.4 Å². The minimum Gasteiger partial charge on any atom is -0.481 e. The van der Waals surface area contributed by atoms with Gasteiger partial charge in [0.15, 0.2) is 5.13 Å². The van der Waals surface area contributed by atoms with Crippen molar-refractivity contribution in [1.29, 1.82) is 0 Å². The van der Waals surface area contributed by atoms with Crippen molar-refractivity contribution in [3.05, 3.63) is 123 Å². The van der Waals surface area contributed by atoms with Crippen LogP contribution in [0.1, 0.15) is 22.3 Å². The third kappa shape index (κ3) is 6.94. The number of halogens is 1. The molecule has 4 aromatic carbocycles. The molecule has 1 heterocycles. The predicted molar refractivity (Wildman–Crippen MR) is 169 cm³/mol. The summed E-state index contributed by atoms with van der Waals surface area (Å²) >= 11 is 3.89. The van der Waals surface area contributed by atoms with Gasteiger partial charge in [-0.3, -0.25) is 9.59 Å². The van der Waals surface area contributed by atoms with Gasteiger partial charge >= 0.3 is 5.97 Å². The maximum atomic E-state index is 12.4. The van der Waals surface area contributed by atoms with Crippen LogP contribution in [0.5, 0.6) is 0 Å². The third-order valence-corrected chi connectivity index (χ3v) is 7.91. The number of aromatic nitrogens is 1. The van der Waals surface area contributed by atoms with E-state index in [0.717, 1.165) is 31.2 Å². The zero-order chi connectivity index (χ0) is 27.9. The number of hydrogen-bond donors (Lipinski definition) is 2. The Balaban J connectivity index is 1.36. The number of hydrogen-bond acceptors (Lipinski definition) is 5. The first-order valence-electron chi connectivity index (χ1n) is 12.7. The van der Waals surface area contributed by atoms with Crippen molar-refractivity contribution in [2.24, 2.45) is 0 Å². The fraction of sp³-hybridized carbons (Fsp3) is 0.0938. The van der Waals surface area contributed by atoms with E-state index >= 15 is 0 Å². The number of benzene rings is 4. The number of amides is 1. The molecule has 1 aromatic heterocycles. The van der Waals surface area contributed by atoms with Crippen LogP contribution in [-0.2, 0) is 11.3 Å². The molecule has 8 heteroatoms. The quantitative estimate of drug-likeness (QED) is 0.151. The van der Waals surface area contributed by atoms with Gasteiger partial charge in [-0.25, -0.2) is 4.98 Å². The molecule has 0 unspecified atom stereocenters. The van der Waals surface area contributed by atoms with Gasteiger partial charge < -0.3 is 15.3 Å². The summed E-state index contributed by atoms with van der Waals surface area (Å²) in [7, 11) is 0. The van der Waals surface area contributed by atoms with E-state index in [0.29, 0.717) is 12.1 Å². The number of anilines is 2. The lowest BCUT2D eigenvalue weighted by molar-refractivity contribution is -0.136. The van der Waals surface area contributed by atoms with Gasteiger partial charge in [0.25, 0.3) is 5.91 Å². The number of carboxylic acids is 1. The molecule has 0 saturated carbocycles. The van der Waals surface area contributed by atoms with Gasteiger partial charge in [0.2, 0.25) is 0 Å². The molecule has 0 aliphatic rings. The van der Waals surface area contributed by atoms with Crippen LogP contribution >= 0.6 is 33.9 Å². The van der Waals surface area contributed by atoms with Crippen LogP contribution in [0.4, 0.5) is 10.8 Å². The van der Waals surface area contributed by atoms with E-state index in [1.807, 2.05) is 30.3 Å². The molecule has 0 radical (unpaired) electrons. The van der Waals surface area contributed by atoms with Crippen molar-refractivity contribution in [2.45, 2.75) is 13.0 Å². The highest BCUT2D eigenvalue weighted by Gasteiger charge is 2.16. The van der Waals surface area contributed by atoms with E-state index in [2.05, 4.69) is 98.9 Å². The predicted octanol–water partition coefficient (Wildman–Crippen LogP) is 7.62. The molecule has 40 heavy (non-hydrogen) atoms. The van der Waals surface area contributed by atoms with E-state index in [1.165, 1.54) is 11.1 Å². The molecule has 2 N–H and O–H groups in total. The maximum absolute atomic E-state index is 12.4. The second-order valence-electron chi connectivity index (χ2n) is 9.12. The molecular weight excluding hydrogens is 633 g/mol. The number of carboxylic acid groups (broad SMARTS) is 1. The molecule has 0 aliphatic carbocycles. The first-order chi connectivity index (χ1) is 19.5. The lowest BCUT2D eigenvalue weighted by Gasteiger charge is -2.22. The molecular formula is C32H26IN3O3S. The molecule has 0 atom stereocenters. The molecule has 0 spiro atoms. The number of nitrogens with one attached hydrogen (secondary N) is 1. The zero-order valence-electron chi connectivity index (χ0n) is 21.5. The largest absolute Gasteiger partial charge is 0.481 e. The SMILES string of the molecule is O=C(O)CCNC(=O)c1ccc(CN(c2ccc(I)cc2)c2nc(-c3ccc(-c4ccccc4)cc3)cs2)cc1. The van der Waals surface area contributed by atoms with E-state index in [9.17, 15) is 9.59 Å². The Morgan fingerprint density at radius 1 is 0.825 bits per heavy atom. The van der Waals surface area contributed by atoms with Crippen LogP contribution < -0.4 is 10.2 Å². The van der Waals surface area contributed by atoms with E-state index in [4.69, 9.17) is 10.1 Å². The Morgan fingerprint density at radius 2 is 1.48 bits per heavy atom. The summed E-state index contributed by atoms with van der Waals surface area (Å²) in [4.78, 5) is 30.2. The van der Waals surface area contributed by atoms with E-state index in [-0.39, 0.29) is 18.9 Å². The first-order valence-corrected chi connectivity index (χ1v) is 14.7. The second-order valence-corrected chi connectivity index (χ2v) is 11.2. The molecule has 6 nitrogen and oxygen atoms in total. The van der Waals surface area contributed by atoms with Crippen molar-refractivity contribution < 1.29 is 14.7 Å². The molecule has 5 aromatic rings. The van der Waals surface area contributed by atoms with Crippen molar-refractivity contribution >= 4 is 56.6 Å². The summed E-state index contributed by atoms with van der Waals surface area (Å²) in [5.74, 6) is -1.23. The smallest absolute Gasteiger partial charge is 0.305 e. The van der Waals surface area contributed by atoms with Crippen LogP contribution in [0.3, 0.4) is 0 Å². The number of thiazole rings is 1. The second kappa shape index (κ2) is 12.9. The van der Waals surface area contributed by atoms with Gasteiger partial charge in [0.1, 0.15) is 0 Å². The Bertz CT molecular complexity index is 1590. The number of rotatable bonds is 10. The van der Waals surface area contributed by atoms with Crippen LogP contribution in [-0.4, -0.2) is 28.5 Å². The van der Waals surface area contributed by atoms with Crippen molar-refractivity contribution in [2.75, 3.05) is 11.4 Å². The van der Waals surface area contributed by atoms with E-state index < -0.39 is 5.97 Å². The molecule has 0 saturated heterocycles. The lowest BCUT2D eigenvalue weighted by Crippen LogP contribution is -2.26. The van der Waals surface area contributed by atoms with Gasteiger partial charge in [-0.15, -0.1) is 11.3 Å². The van der Waals surface area contributed by atoms with Crippen LogP contribution in [0.2, 0.25) is 0 Å². The minimum absolute atomic E-state index is 0.0951. The Labute approximate surface area is 250 Å². The van der Waals surface area contributed by atoms with Gasteiger partial charge in [-0.1, -0.05) is 66.7 Å². The summed E-state index contributed by atoms with van der Waals surface area (Å²) in [5.41, 5.74) is 6.86. The molecule has 0 aliphatic heterocycles. The fourth-order valence-electron chi connectivity index (χ4n) is 4.20. The van der Waals surface area contributed by atoms with Gasteiger partial charge in [0, 0.05) is 32.3 Å². The Morgan fingerprint density at radius 3 is 2.15 bits per heavy atom. The lowest BCUT2D eigenvalue weighted by atomic mass is 10.0. The summed E-state index contributed by atoms with van der Waals surface area (Å²) in [6, 6.07) is 34.5. The summed E-state index contributed by atoms with van der Waals surface area (Å²) in [6.45, 7) is 0.666. The molecule has 0 fully saturated rings. The Hall–Kier alpha value is -4.02. The topological polar surface area (TPSA) is 82.5 Å². The van der Waals surface area contributed by atoms with Crippen LogP contribution in [0.15, 0.2) is 109 Å². The molecule has 5 rings (SSSR count). The number of nitrogens with zero attached hydrogens (tertiary/aromatic N) is 2. The first kappa shape index (κ1) is 27.5. The average Bonchev–Trinajstić information content (AvgIpc) is 3.47. The fourth-order valence-corrected chi connectivity index (χ4v) is 5.42. The monoisotopic (exact) mass is 659 g/mol. The van der Waals surface area contributed by atoms with Gasteiger partial charge in [-0.2, -0.15) is 0 Å².